The highest BCUT2D eigenvalue weighted by molar-refractivity contribution is 7.07. The van der Waals surface area contributed by atoms with Gasteiger partial charge in [0.1, 0.15) is 0 Å². The molecule has 0 radical (unpaired) electrons. The fourth-order valence-electron chi connectivity index (χ4n) is 2.16. The van der Waals surface area contributed by atoms with Crippen LogP contribution in [0.2, 0.25) is 5.02 Å². The third kappa shape index (κ3) is 4.22. The molecular formula is C16H20ClN3OS. The zero-order chi connectivity index (χ0) is 16.1. The molecule has 1 heterocycles. The predicted octanol–water partition coefficient (Wildman–Crippen LogP) is 4.13. The van der Waals surface area contributed by atoms with Crippen molar-refractivity contribution in [3.63, 3.8) is 0 Å². The highest BCUT2D eigenvalue weighted by Crippen LogP contribution is 2.23. The zero-order valence-electron chi connectivity index (χ0n) is 12.9. The minimum absolute atomic E-state index is 0.150. The summed E-state index contributed by atoms with van der Waals surface area (Å²) in [5, 5.41) is 10.5. The van der Waals surface area contributed by atoms with Crippen molar-refractivity contribution in [1.82, 2.24) is 10.2 Å². The molecule has 4 nitrogen and oxygen atoms in total. The number of hydrogen-bond acceptors (Lipinski definition) is 3. The molecule has 1 atom stereocenters. The maximum absolute atomic E-state index is 12.1. The maximum Gasteiger partial charge on any atom is 0.319 e. The van der Waals surface area contributed by atoms with Crippen molar-refractivity contribution >= 4 is 34.7 Å². The number of nitrogens with zero attached hydrogens (tertiary/aromatic N) is 1. The second kappa shape index (κ2) is 7.63. The molecule has 22 heavy (non-hydrogen) atoms. The number of rotatable bonds is 5. The van der Waals surface area contributed by atoms with Gasteiger partial charge in [-0.2, -0.15) is 11.3 Å². The Bertz CT molecular complexity index is 628. The summed E-state index contributed by atoms with van der Waals surface area (Å²) in [6.45, 7) is 2.42. The van der Waals surface area contributed by atoms with E-state index in [1.165, 1.54) is 5.56 Å². The number of thiophene rings is 1. The Kier molecular flexibility index (Phi) is 5.83. The Labute approximate surface area is 140 Å². The van der Waals surface area contributed by atoms with Gasteiger partial charge in [-0.3, -0.25) is 0 Å². The van der Waals surface area contributed by atoms with Crippen LogP contribution in [0.5, 0.6) is 0 Å². The van der Waals surface area contributed by atoms with E-state index in [-0.39, 0.29) is 12.1 Å². The molecule has 0 aliphatic carbocycles. The van der Waals surface area contributed by atoms with Gasteiger partial charge in [-0.15, -0.1) is 0 Å². The number of benzene rings is 1. The van der Waals surface area contributed by atoms with Crippen LogP contribution in [-0.4, -0.2) is 31.6 Å². The number of anilines is 1. The van der Waals surface area contributed by atoms with Crippen LogP contribution in [0.3, 0.4) is 0 Å². The van der Waals surface area contributed by atoms with E-state index in [4.69, 9.17) is 11.6 Å². The number of carbonyl (C=O) groups excluding carboxylic acids is 1. The summed E-state index contributed by atoms with van der Waals surface area (Å²) < 4.78 is 0. The number of carbonyl (C=O) groups is 1. The first-order valence-corrected chi connectivity index (χ1v) is 8.29. The molecule has 0 saturated heterocycles. The smallest absolute Gasteiger partial charge is 0.319 e. The number of halogens is 1. The van der Waals surface area contributed by atoms with Gasteiger partial charge < -0.3 is 15.5 Å². The number of amides is 2. The molecule has 118 valence electrons. The molecule has 0 spiro atoms. The molecule has 1 aromatic carbocycles. The molecule has 0 fully saturated rings. The fourth-order valence-corrected chi connectivity index (χ4v) is 3.04. The van der Waals surface area contributed by atoms with Crippen LogP contribution in [0.15, 0.2) is 35.0 Å². The summed E-state index contributed by atoms with van der Waals surface area (Å²) >= 11 is 7.71. The third-order valence-corrected chi connectivity index (χ3v) is 4.63. The highest BCUT2D eigenvalue weighted by atomic mass is 35.5. The minimum atomic E-state index is -0.229. The van der Waals surface area contributed by atoms with Crippen LogP contribution < -0.4 is 10.6 Å². The molecule has 2 amide bonds. The molecule has 0 bridgehead atoms. The molecule has 6 heteroatoms. The average Bonchev–Trinajstić information content (AvgIpc) is 2.98. The molecule has 1 aromatic heterocycles. The number of hydrogen-bond donors (Lipinski definition) is 2. The lowest BCUT2D eigenvalue weighted by molar-refractivity contribution is 0.243. The Morgan fingerprint density at radius 3 is 2.77 bits per heavy atom. The van der Waals surface area contributed by atoms with Crippen molar-refractivity contribution in [2.24, 2.45) is 0 Å². The molecule has 2 rings (SSSR count). The van der Waals surface area contributed by atoms with E-state index in [0.29, 0.717) is 11.6 Å². The molecule has 2 N–H and O–H groups in total. The molecule has 1 unspecified atom stereocenters. The Morgan fingerprint density at radius 2 is 2.14 bits per heavy atom. The standard InChI is InChI=1S/C16H20ClN3OS/c1-11-13(17)5-4-6-14(11)19-16(21)18-9-15(20(2)3)12-7-8-22-10-12/h4-8,10,15H,9H2,1-3H3,(H2,18,19,21). The summed E-state index contributed by atoms with van der Waals surface area (Å²) in [6, 6.07) is 7.46. The maximum atomic E-state index is 12.1. The normalized spacial score (nSPS) is 12.2. The van der Waals surface area contributed by atoms with E-state index in [1.807, 2.05) is 38.5 Å². The molecule has 0 saturated carbocycles. The number of likely N-dealkylation sites (N-methyl/N-ethyl adjacent to an activating group) is 1. The van der Waals surface area contributed by atoms with Crippen LogP contribution >= 0.6 is 22.9 Å². The van der Waals surface area contributed by atoms with Gasteiger partial charge in [0.15, 0.2) is 0 Å². The van der Waals surface area contributed by atoms with E-state index < -0.39 is 0 Å². The summed E-state index contributed by atoms with van der Waals surface area (Å²) in [5.74, 6) is 0. The van der Waals surface area contributed by atoms with Gasteiger partial charge in [-0.05, 0) is 61.1 Å². The van der Waals surface area contributed by atoms with Crippen molar-refractivity contribution in [3.05, 3.63) is 51.2 Å². The van der Waals surface area contributed by atoms with Crippen LogP contribution in [-0.2, 0) is 0 Å². The number of urea groups is 1. The summed E-state index contributed by atoms with van der Waals surface area (Å²) in [4.78, 5) is 14.2. The Morgan fingerprint density at radius 1 is 1.36 bits per heavy atom. The quantitative estimate of drug-likeness (QED) is 0.861. The SMILES string of the molecule is Cc1c(Cl)cccc1NC(=O)NCC(c1ccsc1)N(C)C. The van der Waals surface area contributed by atoms with E-state index in [1.54, 1.807) is 17.4 Å². The van der Waals surface area contributed by atoms with Crippen molar-refractivity contribution in [2.45, 2.75) is 13.0 Å². The zero-order valence-corrected chi connectivity index (χ0v) is 14.5. The van der Waals surface area contributed by atoms with Crippen LogP contribution in [0.25, 0.3) is 0 Å². The first kappa shape index (κ1) is 16.8. The van der Waals surface area contributed by atoms with Gasteiger partial charge >= 0.3 is 6.03 Å². The van der Waals surface area contributed by atoms with Gasteiger partial charge in [0, 0.05) is 17.3 Å². The summed E-state index contributed by atoms with van der Waals surface area (Å²) in [6.07, 6.45) is 0. The minimum Gasteiger partial charge on any atom is -0.336 e. The third-order valence-electron chi connectivity index (χ3n) is 3.52. The van der Waals surface area contributed by atoms with Crippen LogP contribution in [0, 0.1) is 6.92 Å². The van der Waals surface area contributed by atoms with Crippen molar-refractivity contribution in [2.75, 3.05) is 26.0 Å². The van der Waals surface area contributed by atoms with E-state index in [2.05, 4.69) is 27.0 Å². The first-order chi connectivity index (χ1) is 10.5. The fraction of sp³-hybridized carbons (Fsp3) is 0.312. The highest BCUT2D eigenvalue weighted by Gasteiger charge is 2.16. The Hall–Kier alpha value is -1.56. The van der Waals surface area contributed by atoms with E-state index >= 15 is 0 Å². The largest absolute Gasteiger partial charge is 0.336 e. The molecule has 0 aliphatic heterocycles. The molecule has 2 aromatic rings. The first-order valence-electron chi connectivity index (χ1n) is 6.97. The van der Waals surface area contributed by atoms with Gasteiger partial charge in [-0.25, -0.2) is 4.79 Å². The van der Waals surface area contributed by atoms with E-state index in [9.17, 15) is 4.79 Å². The van der Waals surface area contributed by atoms with Gasteiger partial charge in [-0.1, -0.05) is 17.7 Å². The van der Waals surface area contributed by atoms with Crippen LogP contribution in [0.1, 0.15) is 17.2 Å². The second-order valence-electron chi connectivity index (χ2n) is 5.28. The summed E-state index contributed by atoms with van der Waals surface area (Å²) in [5.41, 5.74) is 2.79. The monoisotopic (exact) mass is 337 g/mol. The summed E-state index contributed by atoms with van der Waals surface area (Å²) in [7, 11) is 4.01. The van der Waals surface area contributed by atoms with Gasteiger partial charge in [0.2, 0.25) is 0 Å². The lowest BCUT2D eigenvalue weighted by atomic mass is 10.1. The van der Waals surface area contributed by atoms with Crippen molar-refractivity contribution in [1.29, 1.82) is 0 Å². The van der Waals surface area contributed by atoms with E-state index in [0.717, 1.165) is 11.3 Å². The van der Waals surface area contributed by atoms with Crippen molar-refractivity contribution in [3.8, 4) is 0 Å². The topological polar surface area (TPSA) is 44.4 Å². The lowest BCUT2D eigenvalue weighted by Gasteiger charge is -2.24. The van der Waals surface area contributed by atoms with Crippen LogP contribution in [0.4, 0.5) is 10.5 Å². The lowest BCUT2D eigenvalue weighted by Crippen LogP contribution is -2.36. The molecule has 0 aliphatic rings. The second-order valence-corrected chi connectivity index (χ2v) is 6.47. The molecular weight excluding hydrogens is 318 g/mol. The predicted molar refractivity (Wildman–Crippen MR) is 94.0 cm³/mol. The van der Waals surface area contributed by atoms with Gasteiger partial charge in [0.25, 0.3) is 0 Å². The Balaban J connectivity index is 1.96. The average molecular weight is 338 g/mol. The van der Waals surface area contributed by atoms with Crippen molar-refractivity contribution < 1.29 is 4.79 Å². The van der Waals surface area contributed by atoms with Gasteiger partial charge in [0.05, 0.1) is 6.04 Å². The number of nitrogens with one attached hydrogen (secondary N) is 2.